The fraction of sp³-hybridized carbons (Fsp3) is 0.211. The molecule has 0 unspecified atom stereocenters. The second kappa shape index (κ2) is 8.28. The Morgan fingerprint density at radius 1 is 0.871 bits per heavy atom. The van der Waals surface area contributed by atoms with Gasteiger partial charge in [-0.05, 0) is 25.1 Å². The molecule has 3 rings (SSSR count). The first-order valence-electron chi connectivity index (χ1n) is 8.64. The molecule has 0 bridgehead atoms. The highest BCUT2D eigenvalue weighted by Gasteiger charge is 2.37. The molecule has 162 valence electrons. The van der Waals surface area contributed by atoms with Crippen molar-refractivity contribution in [1.82, 2.24) is 25.3 Å². The maximum Gasteiger partial charge on any atom is 0.416 e. The van der Waals surface area contributed by atoms with Crippen molar-refractivity contribution >= 4 is 5.91 Å². The summed E-state index contributed by atoms with van der Waals surface area (Å²) >= 11 is 0. The SMILES string of the molecule is C[C@H](NC(=O)c1cc(C(F)(F)F)cc(C(F)(F)F)c1)c1nccnc1-c1cnccn1. The second-order valence-corrected chi connectivity index (χ2v) is 6.37. The molecule has 0 fully saturated rings. The lowest BCUT2D eigenvalue weighted by molar-refractivity contribution is -0.143. The van der Waals surface area contributed by atoms with E-state index in [1.807, 2.05) is 0 Å². The summed E-state index contributed by atoms with van der Waals surface area (Å²) in [7, 11) is 0. The first-order valence-corrected chi connectivity index (χ1v) is 8.64. The fourth-order valence-electron chi connectivity index (χ4n) is 2.72. The average Bonchev–Trinajstić information content (AvgIpc) is 2.72. The number of nitrogens with one attached hydrogen (secondary N) is 1. The van der Waals surface area contributed by atoms with Crippen LogP contribution in [0.1, 0.15) is 40.1 Å². The number of hydrogen-bond donors (Lipinski definition) is 1. The van der Waals surface area contributed by atoms with Gasteiger partial charge in [-0.25, -0.2) is 0 Å². The molecule has 3 aromatic rings. The molecule has 0 saturated heterocycles. The van der Waals surface area contributed by atoms with Gasteiger partial charge in [-0.15, -0.1) is 0 Å². The van der Waals surface area contributed by atoms with Gasteiger partial charge in [0.25, 0.3) is 5.91 Å². The van der Waals surface area contributed by atoms with Crippen LogP contribution in [0.25, 0.3) is 11.4 Å². The number of hydrogen-bond acceptors (Lipinski definition) is 5. The molecule has 0 spiro atoms. The molecular weight excluding hydrogens is 428 g/mol. The zero-order valence-corrected chi connectivity index (χ0v) is 15.7. The van der Waals surface area contributed by atoms with Crippen molar-refractivity contribution in [3.63, 3.8) is 0 Å². The molecule has 6 nitrogen and oxygen atoms in total. The van der Waals surface area contributed by atoms with E-state index in [4.69, 9.17) is 0 Å². The van der Waals surface area contributed by atoms with Gasteiger partial charge < -0.3 is 5.32 Å². The molecular formula is C19H13F6N5O. The maximum absolute atomic E-state index is 13.0. The highest BCUT2D eigenvalue weighted by atomic mass is 19.4. The Morgan fingerprint density at radius 3 is 2.00 bits per heavy atom. The highest BCUT2D eigenvalue weighted by molar-refractivity contribution is 5.95. The number of rotatable bonds is 4. The Bertz CT molecular complexity index is 1050. The van der Waals surface area contributed by atoms with Gasteiger partial charge >= 0.3 is 12.4 Å². The lowest BCUT2D eigenvalue weighted by Gasteiger charge is -2.18. The first kappa shape index (κ1) is 22.1. The molecule has 1 N–H and O–H groups in total. The van der Waals surface area contributed by atoms with Crippen LogP contribution in [0.2, 0.25) is 0 Å². The van der Waals surface area contributed by atoms with Gasteiger partial charge in [0.05, 0.1) is 29.1 Å². The number of aromatic nitrogens is 4. The maximum atomic E-state index is 13.0. The molecule has 31 heavy (non-hydrogen) atoms. The van der Waals surface area contributed by atoms with Crippen molar-refractivity contribution in [1.29, 1.82) is 0 Å². The van der Waals surface area contributed by atoms with Gasteiger partial charge in [-0.3, -0.25) is 24.7 Å². The second-order valence-electron chi connectivity index (χ2n) is 6.37. The number of halogens is 6. The van der Waals surface area contributed by atoms with E-state index < -0.39 is 41.0 Å². The van der Waals surface area contributed by atoms with Crippen LogP contribution in [-0.2, 0) is 12.4 Å². The van der Waals surface area contributed by atoms with E-state index in [9.17, 15) is 31.1 Å². The van der Waals surface area contributed by atoms with E-state index in [1.54, 1.807) is 0 Å². The van der Waals surface area contributed by atoms with E-state index in [-0.39, 0.29) is 17.5 Å². The summed E-state index contributed by atoms with van der Waals surface area (Å²) in [6.07, 6.45) is -3.22. The topological polar surface area (TPSA) is 80.7 Å². The molecule has 0 aliphatic heterocycles. The van der Waals surface area contributed by atoms with Crippen molar-refractivity contribution in [2.75, 3.05) is 0 Å². The lowest BCUT2D eigenvalue weighted by Crippen LogP contribution is -2.28. The molecule has 1 amide bonds. The summed E-state index contributed by atoms with van der Waals surface area (Å²) in [4.78, 5) is 28.7. The van der Waals surface area contributed by atoms with Gasteiger partial charge in [0.15, 0.2) is 0 Å². The summed E-state index contributed by atoms with van der Waals surface area (Å²) in [5, 5.41) is 2.36. The van der Waals surface area contributed by atoms with Crippen LogP contribution >= 0.6 is 0 Å². The number of nitrogens with zero attached hydrogens (tertiary/aromatic N) is 4. The van der Waals surface area contributed by atoms with Gasteiger partial charge in [-0.1, -0.05) is 0 Å². The van der Waals surface area contributed by atoms with Crippen LogP contribution < -0.4 is 5.32 Å². The Hall–Kier alpha value is -3.57. The van der Waals surface area contributed by atoms with Crippen molar-refractivity contribution in [2.24, 2.45) is 0 Å². The Labute approximate surface area is 171 Å². The minimum atomic E-state index is -5.06. The molecule has 0 saturated carbocycles. The van der Waals surface area contributed by atoms with Crippen LogP contribution in [0.15, 0.2) is 49.2 Å². The van der Waals surface area contributed by atoms with Gasteiger partial charge in [0, 0.05) is 30.4 Å². The zero-order valence-electron chi connectivity index (χ0n) is 15.7. The molecule has 0 radical (unpaired) electrons. The van der Waals surface area contributed by atoms with Crippen molar-refractivity contribution < 1.29 is 31.1 Å². The summed E-state index contributed by atoms with van der Waals surface area (Å²) in [5.41, 5.74) is -3.17. The van der Waals surface area contributed by atoms with Crippen molar-refractivity contribution in [3.8, 4) is 11.4 Å². The number of amides is 1. The predicted molar refractivity (Wildman–Crippen MR) is 95.4 cm³/mol. The minimum Gasteiger partial charge on any atom is -0.344 e. The highest BCUT2D eigenvalue weighted by Crippen LogP contribution is 2.36. The third-order valence-corrected chi connectivity index (χ3v) is 4.14. The normalized spacial score (nSPS) is 13.0. The van der Waals surface area contributed by atoms with E-state index in [0.29, 0.717) is 17.8 Å². The zero-order chi connectivity index (χ0) is 22.8. The van der Waals surface area contributed by atoms with Crippen LogP contribution in [0.5, 0.6) is 0 Å². The molecule has 1 atom stereocenters. The summed E-state index contributed by atoms with van der Waals surface area (Å²) < 4.78 is 78.2. The van der Waals surface area contributed by atoms with Gasteiger partial charge in [-0.2, -0.15) is 26.3 Å². The number of carbonyl (C=O) groups excluding carboxylic acids is 1. The van der Waals surface area contributed by atoms with Crippen LogP contribution in [0.3, 0.4) is 0 Å². The predicted octanol–water partition coefficient (Wildman–Crippen LogP) is 4.46. The van der Waals surface area contributed by atoms with E-state index >= 15 is 0 Å². The third kappa shape index (κ3) is 5.13. The Morgan fingerprint density at radius 2 is 1.45 bits per heavy atom. The molecule has 0 aliphatic carbocycles. The number of carbonyl (C=O) groups is 1. The van der Waals surface area contributed by atoms with Crippen molar-refractivity contribution in [2.45, 2.75) is 25.3 Å². The molecule has 0 aliphatic rings. The average molecular weight is 441 g/mol. The largest absolute Gasteiger partial charge is 0.416 e. The standard InChI is InChI=1S/C19H13F6N5O/c1-10(15-16(29-5-4-28-15)14-9-26-2-3-27-14)30-17(31)11-6-12(18(20,21)22)8-13(7-11)19(23,24)25/h2-10H,1H3,(H,30,31)/t10-/m0/s1. The summed E-state index contributed by atoms with van der Waals surface area (Å²) in [6, 6.07) is -0.244. The summed E-state index contributed by atoms with van der Waals surface area (Å²) in [5.74, 6) is -1.14. The minimum absolute atomic E-state index is 0.0466. The third-order valence-electron chi connectivity index (χ3n) is 4.14. The number of alkyl halides is 6. The Balaban J connectivity index is 1.94. The van der Waals surface area contributed by atoms with E-state index in [1.165, 1.54) is 37.9 Å². The molecule has 1 aromatic carbocycles. The number of benzene rings is 1. The molecule has 2 heterocycles. The van der Waals surface area contributed by atoms with Crippen LogP contribution in [-0.4, -0.2) is 25.8 Å². The van der Waals surface area contributed by atoms with E-state index in [2.05, 4.69) is 25.3 Å². The van der Waals surface area contributed by atoms with E-state index in [0.717, 1.165) is 0 Å². The smallest absolute Gasteiger partial charge is 0.344 e. The molecule has 2 aromatic heterocycles. The molecule has 12 heteroatoms. The Kier molecular flexibility index (Phi) is 5.91. The lowest BCUT2D eigenvalue weighted by atomic mass is 10.0. The monoisotopic (exact) mass is 441 g/mol. The quantitative estimate of drug-likeness (QED) is 0.605. The van der Waals surface area contributed by atoms with Gasteiger partial charge in [0.2, 0.25) is 0 Å². The van der Waals surface area contributed by atoms with Crippen molar-refractivity contribution in [3.05, 3.63) is 71.6 Å². The van der Waals surface area contributed by atoms with Crippen LogP contribution in [0.4, 0.5) is 26.3 Å². The van der Waals surface area contributed by atoms with Crippen LogP contribution in [0, 0.1) is 0 Å². The first-order chi connectivity index (χ1) is 14.5. The van der Waals surface area contributed by atoms with Gasteiger partial charge in [0.1, 0.15) is 11.4 Å². The fourth-order valence-corrected chi connectivity index (χ4v) is 2.72. The summed E-state index contributed by atoms with van der Waals surface area (Å²) in [6.45, 7) is 1.46.